The van der Waals surface area contributed by atoms with Crippen molar-refractivity contribution < 1.29 is 4.74 Å². The topological polar surface area (TPSA) is 34.2 Å². The molecule has 1 unspecified atom stereocenters. The summed E-state index contributed by atoms with van der Waals surface area (Å²) in [5.41, 5.74) is 0. The number of hydrogen-bond acceptors (Lipinski definition) is 4. The van der Waals surface area contributed by atoms with Gasteiger partial charge >= 0.3 is 0 Å². The molecule has 96 valence electrons. The lowest BCUT2D eigenvalue weighted by Crippen LogP contribution is -2.11. The molecule has 2 heterocycles. The summed E-state index contributed by atoms with van der Waals surface area (Å²) in [7, 11) is 1.67. The number of pyridine rings is 1. The molecule has 0 aliphatic rings. The summed E-state index contributed by atoms with van der Waals surface area (Å²) in [6, 6.07) is 8.35. The lowest BCUT2D eigenvalue weighted by Gasteiger charge is -2.18. The fraction of sp³-hybridized carbons (Fsp3) is 0.357. The molecule has 0 amide bonds. The number of ether oxygens (including phenoxy) is 1. The van der Waals surface area contributed by atoms with Crippen molar-refractivity contribution in [2.45, 2.75) is 25.8 Å². The van der Waals surface area contributed by atoms with Crippen LogP contribution in [-0.2, 0) is 0 Å². The van der Waals surface area contributed by atoms with Crippen LogP contribution in [0.3, 0.4) is 0 Å². The molecule has 1 N–H and O–H groups in total. The van der Waals surface area contributed by atoms with E-state index in [0.29, 0.717) is 6.04 Å². The van der Waals surface area contributed by atoms with Crippen LogP contribution in [0.4, 0.5) is 5.82 Å². The fourth-order valence-electron chi connectivity index (χ4n) is 1.89. The van der Waals surface area contributed by atoms with Crippen LogP contribution in [0.25, 0.3) is 0 Å². The van der Waals surface area contributed by atoms with Crippen LogP contribution in [0.2, 0.25) is 0 Å². The summed E-state index contributed by atoms with van der Waals surface area (Å²) in [5, 5.41) is 5.58. The summed E-state index contributed by atoms with van der Waals surface area (Å²) >= 11 is 1.77. The van der Waals surface area contributed by atoms with Crippen molar-refractivity contribution in [3.8, 4) is 5.75 Å². The monoisotopic (exact) mass is 262 g/mol. The highest BCUT2D eigenvalue weighted by Crippen LogP contribution is 2.30. The van der Waals surface area contributed by atoms with Crippen LogP contribution in [-0.4, -0.2) is 12.1 Å². The molecule has 2 aromatic heterocycles. The molecule has 0 fully saturated rings. The average molecular weight is 262 g/mol. The summed E-state index contributed by atoms with van der Waals surface area (Å²) < 4.78 is 5.32. The zero-order valence-corrected chi connectivity index (χ0v) is 11.5. The van der Waals surface area contributed by atoms with E-state index in [2.05, 4.69) is 34.7 Å². The molecule has 0 aliphatic heterocycles. The minimum absolute atomic E-state index is 0.304. The maximum Gasteiger partial charge on any atom is 0.169 e. The van der Waals surface area contributed by atoms with E-state index in [1.54, 1.807) is 24.6 Å². The van der Waals surface area contributed by atoms with Gasteiger partial charge in [-0.15, -0.1) is 11.3 Å². The highest BCUT2D eigenvalue weighted by molar-refractivity contribution is 7.10. The first-order valence-corrected chi connectivity index (χ1v) is 7.02. The van der Waals surface area contributed by atoms with E-state index < -0.39 is 0 Å². The lowest BCUT2D eigenvalue weighted by atomic mass is 10.1. The van der Waals surface area contributed by atoms with E-state index in [0.717, 1.165) is 24.4 Å². The predicted molar refractivity (Wildman–Crippen MR) is 76.4 cm³/mol. The molecule has 0 aliphatic carbocycles. The van der Waals surface area contributed by atoms with Crippen molar-refractivity contribution in [1.29, 1.82) is 0 Å². The van der Waals surface area contributed by atoms with Crippen LogP contribution in [0, 0.1) is 0 Å². The van der Waals surface area contributed by atoms with Crippen LogP contribution >= 0.6 is 11.3 Å². The Labute approximate surface area is 112 Å². The average Bonchev–Trinajstić information content (AvgIpc) is 2.92. The Bertz CT molecular complexity index is 470. The number of methoxy groups -OCH3 is 1. The lowest BCUT2D eigenvalue weighted by molar-refractivity contribution is 0.414. The SMILES string of the molecule is CCCC(Nc1ncccc1OC)c1cccs1. The zero-order valence-electron chi connectivity index (χ0n) is 10.7. The molecule has 0 spiro atoms. The van der Waals surface area contributed by atoms with Gasteiger partial charge in [0.2, 0.25) is 0 Å². The summed E-state index contributed by atoms with van der Waals surface area (Å²) in [5.74, 6) is 1.60. The standard InChI is InChI=1S/C14H18N2OS/c1-3-6-11(13-8-5-10-18-13)16-14-12(17-2)7-4-9-15-14/h4-5,7-11H,3,6H2,1-2H3,(H,15,16). The zero-order chi connectivity index (χ0) is 12.8. The molecule has 0 aromatic carbocycles. The molecular weight excluding hydrogens is 244 g/mol. The van der Waals surface area contributed by atoms with Crippen LogP contribution in [0.15, 0.2) is 35.8 Å². The molecule has 3 nitrogen and oxygen atoms in total. The minimum Gasteiger partial charge on any atom is -0.493 e. The third kappa shape index (κ3) is 3.01. The number of nitrogens with one attached hydrogen (secondary N) is 1. The molecule has 4 heteroatoms. The van der Waals surface area contributed by atoms with E-state index in [1.807, 2.05) is 12.1 Å². The third-order valence-corrected chi connectivity index (χ3v) is 3.75. The molecule has 2 rings (SSSR count). The highest BCUT2D eigenvalue weighted by Gasteiger charge is 2.14. The van der Waals surface area contributed by atoms with Gasteiger partial charge in [-0.3, -0.25) is 0 Å². The number of rotatable bonds is 6. The molecular formula is C14H18N2OS. The van der Waals surface area contributed by atoms with Gasteiger partial charge in [-0.25, -0.2) is 4.98 Å². The Kier molecular flexibility index (Phi) is 4.59. The van der Waals surface area contributed by atoms with E-state index in [9.17, 15) is 0 Å². The van der Waals surface area contributed by atoms with Crippen molar-refractivity contribution >= 4 is 17.2 Å². The minimum atomic E-state index is 0.304. The van der Waals surface area contributed by atoms with Crippen molar-refractivity contribution in [3.63, 3.8) is 0 Å². The second kappa shape index (κ2) is 6.40. The van der Waals surface area contributed by atoms with Crippen molar-refractivity contribution in [1.82, 2.24) is 4.98 Å². The Morgan fingerprint density at radius 3 is 2.94 bits per heavy atom. The van der Waals surface area contributed by atoms with Crippen LogP contribution in [0.5, 0.6) is 5.75 Å². The number of hydrogen-bond donors (Lipinski definition) is 1. The Morgan fingerprint density at radius 1 is 1.39 bits per heavy atom. The highest BCUT2D eigenvalue weighted by atomic mass is 32.1. The van der Waals surface area contributed by atoms with Crippen molar-refractivity contribution in [2.75, 3.05) is 12.4 Å². The smallest absolute Gasteiger partial charge is 0.169 e. The van der Waals surface area contributed by atoms with E-state index in [4.69, 9.17) is 4.74 Å². The maximum absolute atomic E-state index is 5.32. The van der Waals surface area contributed by atoms with E-state index in [-0.39, 0.29) is 0 Å². The van der Waals surface area contributed by atoms with Crippen molar-refractivity contribution in [2.24, 2.45) is 0 Å². The van der Waals surface area contributed by atoms with Gasteiger partial charge in [-0.2, -0.15) is 0 Å². The number of aromatic nitrogens is 1. The van der Waals surface area contributed by atoms with Gasteiger partial charge in [0.05, 0.1) is 13.2 Å². The molecule has 2 aromatic rings. The van der Waals surface area contributed by atoms with Crippen molar-refractivity contribution in [3.05, 3.63) is 40.7 Å². The van der Waals surface area contributed by atoms with Crippen LogP contribution in [0.1, 0.15) is 30.7 Å². The first kappa shape index (κ1) is 12.9. The number of thiophene rings is 1. The first-order chi connectivity index (χ1) is 8.85. The molecule has 0 saturated heterocycles. The van der Waals surface area contributed by atoms with Gasteiger partial charge in [-0.05, 0) is 30.0 Å². The third-order valence-electron chi connectivity index (χ3n) is 2.77. The summed E-state index contributed by atoms with van der Waals surface area (Å²) in [6.07, 6.45) is 3.99. The molecule has 0 bridgehead atoms. The Morgan fingerprint density at radius 2 is 2.28 bits per heavy atom. The van der Waals surface area contributed by atoms with Gasteiger partial charge < -0.3 is 10.1 Å². The molecule has 0 saturated carbocycles. The first-order valence-electron chi connectivity index (χ1n) is 6.14. The largest absolute Gasteiger partial charge is 0.493 e. The molecule has 0 radical (unpaired) electrons. The van der Waals surface area contributed by atoms with E-state index >= 15 is 0 Å². The number of anilines is 1. The van der Waals surface area contributed by atoms with Gasteiger partial charge in [0.15, 0.2) is 11.6 Å². The normalized spacial score (nSPS) is 12.1. The molecule has 1 atom stereocenters. The molecule has 18 heavy (non-hydrogen) atoms. The van der Waals surface area contributed by atoms with Gasteiger partial charge in [0.1, 0.15) is 0 Å². The Hall–Kier alpha value is -1.55. The van der Waals surface area contributed by atoms with Crippen LogP contribution < -0.4 is 10.1 Å². The number of nitrogens with zero attached hydrogens (tertiary/aromatic N) is 1. The second-order valence-corrected chi connectivity index (χ2v) is 5.03. The quantitative estimate of drug-likeness (QED) is 0.851. The second-order valence-electron chi connectivity index (χ2n) is 4.06. The summed E-state index contributed by atoms with van der Waals surface area (Å²) in [6.45, 7) is 2.19. The summed E-state index contributed by atoms with van der Waals surface area (Å²) in [4.78, 5) is 5.69. The predicted octanol–water partition coefficient (Wildman–Crippen LogP) is 4.11. The van der Waals surface area contributed by atoms with Gasteiger partial charge in [-0.1, -0.05) is 19.4 Å². The fourth-order valence-corrected chi connectivity index (χ4v) is 2.70. The van der Waals surface area contributed by atoms with E-state index in [1.165, 1.54) is 4.88 Å². The maximum atomic E-state index is 5.32. The van der Waals surface area contributed by atoms with Gasteiger partial charge in [0, 0.05) is 11.1 Å². The Balaban J connectivity index is 2.18. The van der Waals surface area contributed by atoms with Gasteiger partial charge in [0.25, 0.3) is 0 Å².